The van der Waals surface area contributed by atoms with E-state index in [0.29, 0.717) is 6.61 Å². The minimum Gasteiger partial charge on any atom is -0.464 e. The summed E-state index contributed by atoms with van der Waals surface area (Å²) in [6, 6.07) is -0.288. The highest BCUT2D eigenvalue weighted by Gasteiger charge is 2.17. The zero-order valence-corrected chi connectivity index (χ0v) is 9.56. The highest BCUT2D eigenvalue weighted by atomic mass is 16.5. The number of imidazole rings is 1. The molecule has 0 aliphatic rings. The fourth-order valence-electron chi connectivity index (χ4n) is 1.35. The molecule has 0 amide bonds. The van der Waals surface area contributed by atoms with E-state index in [2.05, 4.69) is 11.9 Å². The Morgan fingerprint density at radius 3 is 2.93 bits per heavy atom. The molecule has 1 aromatic rings. The van der Waals surface area contributed by atoms with Crippen molar-refractivity contribution in [3.8, 4) is 0 Å². The van der Waals surface area contributed by atoms with E-state index in [9.17, 15) is 4.79 Å². The number of esters is 1. The van der Waals surface area contributed by atoms with E-state index < -0.39 is 0 Å². The van der Waals surface area contributed by atoms with E-state index in [0.717, 1.165) is 18.7 Å². The number of carbonyl (C=O) groups excluding carboxylic acids is 1. The predicted molar refractivity (Wildman–Crippen MR) is 57.5 cm³/mol. The lowest BCUT2D eigenvalue weighted by Crippen LogP contribution is -2.20. The molecule has 0 bridgehead atoms. The van der Waals surface area contributed by atoms with Crippen LogP contribution in [0.1, 0.15) is 38.6 Å². The van der Waals surface area contributed by atoms with Crippen molar-refractivity contribution in [2.75, 3.05) is 6.61 Å². The van der Waals surface area contributed by atoms with Crippen molar-refractivity contribution in [1.29, 1.82) is 0 Å². The Bertz CT molecular complexity index is 320. The van der Waals surface area contributed by atoms with Gasteiger partial charge in [0.25, 0.3) is 0 Å². The summed E-state index contributed by atoms with van der Waals surface area (Å²) in [6.45, 7) is 6.27. The standard InChI is InChI=1S/C11H18N2O2/c1-4-5-8-15-11(14)9(2)13-7-6-12-10(13)3/h6-7,9H,4-5,8H2,1-3H3. The van der Waals surface area contributed by atoms with E-state index in [1.807, 2.05) is 18.4 Å². The van der Waals surface area contributed by atoms with Gasteiger partial charge in [0.1, 0.15) is 11.9 Å². The maximum atomic E-state index is 11.6. The minimum atomic E-state index is -0.288. The van der Waals surface area contributed by atoms with Crippen molar-refractivity contribution < 1.29 is 9.53 Å². The molecule has 4 nitrogen and oxygen atoms in total. The van der Waals surface area contributed by atoms with E-state index in [4.69, 9.17) is 4.74 Å². The van der Waals surface area contributed by atoms with Gasteiger partial charge in [0.05, 0.1) is 6.61 Å². The quantitative estimate of drug-likeness (QED) is 0.552. The lowest BCUT2D eigenvalue weighted by molar-refractivity contribution is -0.147. The first kappa shape index (κ1) is 11.8. The maximum absolute atomic E-state index is 11.6. The van der Waals surface area contributed by atoms with Gasteiger partial charge >= 0.3 is 5.97 Å². The van der Waals surface area contributed by atoms with Crippen LogP contribution in [0.5, 0.6) is 0 Å². The van der Waals surface area contributed by atoms with E-state index in [1.54, 1.807) is 12.4 Å². The van der Waals surface area contributed by atoms with Crippen molar-refractivity contribution in [2.45, 2.75) is 39.7 Å². The third-order valence-electron chi connectivity index (χ3n) is 2.36. The van der Waals surface area contributed by atoms with Gasteiger partial charge < -0.3 is 9.30 Å². The molecule has 1 unspecified atom stereocenters. The third kappa shape index (κ3) is 3.08. The SMILES string of the molecule is CCCCOC(=O)C(C)n1ccnc1C. The molecule has 0 radical (unpaired) electrons. The number of ether oxygens (including phenoxy) is 1. The summed E-state index contributed by atoms with van der Waals surface area (Å²) in [5, 5.41) is 0. The number of hydrogen-bond acceptors (Lipinski definition) is 3. The summed E-state index contributed by atoms with van der Waals surface area (Å²) in [7, 11) is 0. The van der Waals surface area contributed by atoms with Gasteiger partial charge in [-0.2, -0.15) is 0 Å². The summed E-state index contributed by atoms with van der Waals surface area (Å²) >= 11 is 0. The van der Waals surface area contributed by atoms with Crippen molar-refractivity contribution in [2.24, 2.45) is 0 Å². The van der Waals surface area contributed by atoms with Gasteiger partial charge in [0, 0.05) is 12.4 Å². The first-order chi connectivity index (χ1) is 7.16. The van der Waals surface area contributed by atoms with Crippen LogP contribution in [0.2, 0.25) is 0 Å². The fraction of sp³-hybridized carbons (Fsp3) is 0.636. The molecule has 0 saturated heterocycles. The Morgan fingerprint density at radius 1 is 1.67 bits per heavy atom. The van der Waals surface area contributed by atoms with Crippen LogP contribution in [0.4, 0.5) is 0 Å². The van der Waals surface area contributed by atoms with Gasteiger partial charge in [0.15, 0.2) is 0 Å². The van der Waals surface area contributed by atoms with Crippen LogP contribution in [0.3, 0.4) is 0 Å². The summed E-state index contributed by atoms with van der Waals surface area (Å²) in [5.41, 5.74) is 0. The van der Waals surface area contributed by atoms with Gasteiger partial charge in [-0.25, -0.2) is 9.78 Å². The number of rotatable bonds is 5. The first-order valence-electron chi connectivity index (χ1n) is 5.33. The molecular weight excluding hydrogens is 192 g/mol. The van der Waals surface area contributed by atoms with Crippen LogP contribution < -0.4 is 0 Å². The average molecular weight is 210 g/mol. The van der Waals surface area contributed by atoms with Crippen molar-refractivity contribution in [3.63, 3.8) is 0 Å². The summed E-state index contributed by atoms with van der Waals surface area (Å²) in [4.78, 5) is 15.7. The second-order valence-electron chi connectivity index (χ2n) is 3.58. The van der Waals surface area contributed by atoms with Gasteiger partial charge in [-0.05, 0) is 20.3 Å². The van der Waals surface area contributed by atoms with E-state index >= 15 is 0 Å². The Hall–Kier alpha value is -1.32. The van der Waals surface area contributed by atoms with Crippen LogP contribution in [-0.4, -0.2) is 22.1 Å². The Morgan fingerprint density at radius 2 is 2.40 bits per heavy atom. The fourth-order valence-corrected chi connectivity index (χ4v) is 1.35. The lowest BCUT2D eigenvalue weighted by atomic mass is 10.3. The molecule has 84 valence electrons. The van der Waals surface area contributed by atoms with Crippen LogP contribution >= 0.6 is 0 Å². The number of unbranched alkanes of at least 4 members (excludes halogenated alkanes) is 1. The van der Waals surface area contributed by atoms with Crippen LogP contribution in [-0.2, 0) is 9.53 Å². The number of aryl methyl sites for hydroxylation is 1. The molecule has 1 aromatic heterocycles. The summed E-state index contributed by atoms with van der Waals surface area (Å²) in [5.74, 6) is 0.638. The maximum Gasteiger partial charge on any atom is 0.328 e. The third-order valence-corrected chi connectivity index (χ3v) is 2.36. The molecule has 0 spiro atoms. The van der Waals surface area contributed by atoms with Gasteiger partial charge in [0.2, 0.25) is 0 Å². The monoisotopic (exact) mass is 210 g/mol. The smallest absolute Gasteiger partial charge is 0.328 e. The molecule has 15 heavy (non-hydrogen) atoms. The zero-order chi connectivity index (χ0) is 11.3. The molecule has 1 rings (SSSR count). The topological polar surface area (TPSA) is 44.1 Å². The van der Waals surface area contributed by atoms with Crippen LogP contribution in [0.25, 0.3) is 0 Å². The normalized spacial score (nSPS) is 12.5. The summed E-state index contributed by atoms with van der Waals surface area (Å²) < 4.78 is 6.95. The lowest BCUT2D eigenvalue weighted by Gasteiger charge is -2.13. The second-order valence-corrected chi connectivity index (χ2v) is 3.58. The molecule has 1 atom stereocenters. The number of aromatic nitrogens is 2. The van der Waals surface area contributed by atoms with Crippen molar-refractivity contribution in [1.82, 2.24) is 9.55 Å². The molecule has 0 saturated carbocycles. The Balaban J connectivity index is 2.50. The molecule has 0 aromatic carbocycles. The molecule has 0 fully saturated rings. The van der Waals surface area contributed by atoms with Gasteiger partial charge in [-0.3, -0.25) is 0 Å². The first-order valence-corrected chi connectivity index (χ1v) is 5.33. The van der Waals surface area contributed by atoms with E-state index in [1.165, 1.54) is 0 Å². The zero-order valence-electron chi connectivity index (χ0n) is 9.56. The Labute approximate surface area is 90.3 Å². The van der Waals surface area contributed by atoms with Crippen LogP contribution in [0.15, 0.2) is 12.4 Å². The number of nitrogens with zero attached hydrogens (tertiary/aromatic N) is 2. The van der Waals surface area contributed by atoms with Gasteiger partial charge in [-0.1, -0.05) is 13.3 Å². The second kappa shape index (κ2) is 5.53. The van der Waals surface area contributed by atoms with Gasteiger partial charge in [-0.15, -0.1) is 0 Å². The van der Waals surface area contributed by atoms with Crippen molar-refractivity contribution >= 4 is 5.97 Å². The molecule has 0 aliphatic heterocycles. The highest BCUT2D eigenvalue weighted by Crippen LogP contribution is 2.10. The predicted octanol–water partition coefficient (Wildman–Crippen LogP) is 2.10. The number of carbonyl (C=O) groups is 1. The number of hydrogen-bond donors (Lipinski definition) is 0. The largest absolute Gasteiger partial charge is 0.464 e. The summed E-state index contributed by atoms with van der Waals surface area (Å²) in [6.07, 6.45) is 5.43. The molecule has 0 N–H and O–H groups in total. The minimum absolute atomic E-state index is 0.190. The molecule has 1 heterocycles. The molecular formula is C11H18N2O2. The van der Waals surface area contributed by atoms with Crippen LogP contribution in [0, 0.1) is 6.92 Å². The van der Waals surface area contributed by atoms with E-state index in [-0.39, 0.29) is 12.0 Å². The van der Waals surface area contributed by atoms with Crippen molar-refractivity contribution in [3.05, 3.63) is 18.2 Å². The average Bonchev–Trinajstić information content (AvgIpc) is 2.63. The Kier molecular flexibility index (Phi) is 4.34. The molecule has 4 heteroatoms. The highest BCUT2D eigenvalue weighted by molar-refractivity contribution is 5.73. The molecule has 0 aliphatic carbocycles.